The predicted molar refractivity (Wildman–Crippen MR) is 74.8 cm³/mol. The molecule has 0 fully saturated rings. The van der Waals surface area contributed by atoms with Gasteiger partial charge in [0.05, 0.1) is 6.20 Å². The van der Waals surface area contributed by atoms with Gasteiger partial charge in [0.1, 0.15) is 11.5 Å². The van der Waals surface area contributed by atoms with Crippen molar-refractivity contribution < 1.29 is 4.39 Å². The smallest absolute Gasteiger partial charge is 0.149 e. The molecule has 0 saturated heterocycles. The lowest BCUT2D eigenvalue weighted by Gasteiger charge is -2.12. The minimum absolute atomic E-state index is 0.244. The van der Waals surface area contributed by atoms with E-state index in [1.807, 2.05) is 19.2 Å². The number of aryl methyl sites for hydroxylation is 1. The molecule has 0 aliphatic carbocycles. The number of benzene rings is 1. The minimum atomic E-state index is -0.244. The van der Waals surface area contributed by atoms with Crippen LogP contribution in [0.3, 0.4) is 0 Å². The van der Waals surface area contributed by atoms with Crippen molar-refractivity contribution in [1.29, 1.82) is 0 Å². The fourth-order valence-electron chi connectivity index (χ4n) is 1.99. The van der Waals surface area contributed by atoms with Crippen molar-refractivity contribution in [2.75, 3.05) is 6.54 Å². The largest absolute Gasteiger partial charge is 0.312 e. The van der Waals surface area contributed by atoms with Gasteiger partial charge >= 0.3 is 0 Å². The van der Waals surface area contributed by atoms with E-state index in [9.17, 15) is 4.39 Å². The van der Waals surface area contributed by atoms with E-state index in [1.54, 1.807) is 16.9 Å². The van der Waals surface area contributed by atoms with Crippen LogP contribution in [-0.4, -0.2) is 16.3 Å². The standard InChI is InChI=1S/C15H20FN3/c1-11(2)7-17-9-13-5-4-6-14(16)15(13)19-10-12(3)8-18-19/h4-6,8,10-11,17H,7,9H2,1-3H3. The first-order chi connectivity index (χ1) is 9.08. The molecule has 1 heterocycles. The van der Waals surface area contributed by atoms with Gasteiger partial charge in [-0.3, -0.25) is 0 Å². The zero-order valence-electron chi connectivity index (χ0n) is 11.7. The highest BCUT2D eigenvalue weighted by molar-refractivity contribution is 5.42. The second-order valence-corrected chi connectivity index (χ2v) is 5.23. The predicted octanol–water partition coefficient (Wildman–Crippen LogP) is 3.07. The molecule has 0 atom stereocenters. The van der Waals surface area contributed by atoms with Gasteiger partial charge in [0.2, 0.25) is 0 Å². The fourth-order valence-corrected chi connectivity index (χ4v) is 1.99. The van der Waals surface area contributed by atoms with Crippen molar-refractivity contribution in [3.8, 4) is 5.69 Å². The Bertz CT molecular complexity index is 546. The highest BCUT2D eigenvalue weighted by Gasteiger charge is 2.11. The van der Waals surface area contributed by atoms with Gasteiger partial charge < -0.3 is 5.32 Å². The molecule has 1 aromatic heterocycles. The van der Waals surface area contributed by atoms with Crippen molar-refractivity contribution in [2.24, 2.45) is 5.92 Å². The Labute approximate surface area is 113 Å². The third-order valence-corrected chi connectivity index (χ3v) is 2.88. The molecule has 19 heavy (non-hydrogen) atoms. The third-order valence-electron chi connectivity index (χ3n) is 2.88. The molecule has 2 aromatic rings. The normalized spacial score (nSPS) is 11.2. The van der Waals surface area contributed by atoms with E-state index in [4.69, 9.17) is 0 Å². The summed E-state index contributed by atoms with van der Waals surface area (Å²) in [5.74, 6) is 0.330. The second-order valence-electron chi connectivity index (χ2n) is 5.23. The zero-order chi connectivity index (χ0) is 13.8. The van der Waals surface area contributed by atoms with Gasteiger partial charge in [-0.2, -0.15) is 5.10 Å². The molecule has 4 heteroatoms. The van der Waals surface area contributed by atoms with Crippen LogP contribution in [0, 0.1) is 18.7 Å². The molecule has 0 unspecified atom stereocenters. The highest BCUT2D eigenvalue weighted by Crippen LogP contribution is 2.18. The van der Waals surface area contributed by atoms with E-state index >= 15 is 0 Å². The lowest BCUT2D eigenvalue weighted by Crippen LogP contribution is -2.20. The Morgan fingerprint density at radius 3 is 2.79 bits per heavy atom. The average molecular weight is 261 g/mol. The first-order valence-corrected chi connectivity index (χ1v) is 6.57. The summed E-state index contributed by atoms with van der Waals surface area (Å²) in [6.07, 6.45) is 3.57. The van der Waals surface area contributed by atoms with Crippen LogP contribution in [0.4, 0.5) is 4.39 Å². The topological polar surface area (TPSA) is 29.9 Å². The summed E-state index contributed by atoms with van der Waals surface area (Å²) in [4.78, 5) is 0. The van der Waals surface area contributed by atoms with Gasteiger partial charge in [-0.15, -0.1) is 0 Å². The molecular formula is C15H20FN3. The van der Waals surface area contributed by atoms with Crippen LogP contribution in [0.5, 0.6) is 0 Å². The van der Waals surface area contributed by atoms with Gasteiger partial charge in [0, 0.05) is 12.7 Å². The molecule has 1 N–H and O–H groups in total. The number of para-hydroxylation sites is 1. The lowest BCUT2D eigenvalue weighted by molar-refractivity contribution is 0.547. The van der Waals surface area contributed by atoms with Gasteiger partial charge in [-0.05, 0) is 36.6 Å². The molecule has 2 rings (SSSR count). The summed E-state index contributed by atoms with van der Waals surface area (Å²) in [7, 11) is 0. The SMILES string of the molecule is Cc1cnn(-c2c(F)cccc2CNCC(C)C)c1. The Morgan fingerprint density at radius 1 is 1.37 bits per heavy atom. The van der Waals surface area contributed by atoms with Crippen LogP contribution in [0.1, 0.15) is 25.0 Å². The molecule has 0 amide bonds. The van der Waals surface area contributed by atoms with Gasteiger partial charge in [0.25, 0.3) is 0 Å². The Kier molecular flexibility index (Phi) is 4.32. The fraction of sp³-hybridized carbons (Fsp3) is 0.400. The number of hydrogen-bond donors (Lipinski definition) is 1. The van der Waals surface area contributed by atoms with Gasteiger partial charge in [0.15, 0.2) is 0 Å². The summed E-state index contributed by atoms with van der Waals surface area (Å²) in [5.41, 5.74) is 2.47. The summed E-state index contributed by atoms with van der Waals surface area (Å²) in [6, 6.07) is 5.14. The van der Waals surface area contributed by atoms with E-state index < -0.39 is 0 Å². The molecule has 0 spiro atoms. The molecule has 1 aromatic carbocycles. The van der Waals surface area contributed by atoms with Crippen LogP contribution in [0.15, 0.2) is 30.6 Å². The molecule has 0 aliphatic rings. The van der Waals surface area contributed by atoms with Crippen molar-refractivity contribution in [3.05, 3.63) is 47.5 Å². The summed E-state index contributed by atoms with van der Waals surface area (Å²) in [6.45, 7) is 7.80. The quantitative estimate of drug-likeness (QED) is 0.896. The molecular weight excluding hydrogens is 241 g/mol. The number of rotatable bonds is 5. The van der Waals surface area contributed by atoms with Gasteiger partial charge in [-0.1, -0.05) is 26.0 Å². The van der Waals surface area contributed by atoms with Crippen molar-refractivity contribution in [2.45, 2.75) is 27.3 Å². The van der Waals surface area contributed by atoms with E-state index in [1.165, 1.54) is 6.07 Å². The second kappa shape index (κ2) is 5.97. The third kappa shape index (κ3) is 3.41. The number of halogens is 1. The molecule has 3 nitrogen and oxygen atoms in total. The minimum Gasteiger partial charge on any atom is -0.312 e. The van der Waals surface area contributed by atoms with Crippen LogP contribution in [0.25, 0.3) is 5.69 Å². The van der Waals surface area contributed by atoms with E-state index in [0.717, 1.165) is 17.7 Å². The molecule has 0 saturated carbocycles. The van der Waals surface area contributed by atoms with E-state index in [0.29, 0.717) is 18.2 Å². The van der Waals surface area contributed by atoms with Crippen LogP contribution in [-0.2, 0) is 6.54 Å². The number of aromatic nitrogens is 2. The first kappa shape index (κ1) is 13.7. The van der Waals surface area contributed by atoms with Crippen LogP contribution < -0.4 is 5.32 Å². The van der Waals surface area contributed by atoms with E-state index in [2.05, 4.69) is 24.3 Å². The van der Waals surface area contributed by atoms with Gasteiger partial charge in [-0.25, -0.2) is 9.07 Å². The Hall–Kier alpha value is -1.68. The molecule has 0 radical (unpaired) electrons. The Morgan fingerprint density at radius 2 is 2.16 bits per heavy atom. The molecule has 0 bridgehead atoms. The van der Waals surface area contributed by atoms with Crippen molar-refractivity contribution in [3.63, 3.8) is 0 Å². The number of nitrogens with zero attached hydrogens (tertiary/aromatic N) is 2. The summed E-state index contributed by atoms with van der Waals surface area (Å²) >= 11 is 0. The maximum atomic E-state index is 14.0. The highest BCUT2D eigenvalue weighted by atomic mass is 19.1. The average Bonchev–Trinajstić information content (AvgIpc) is 2.75. The monoisotopic (exact) mass is 261 g/mol. The Balaban J connectivity index is 2.26. The van der Waals surface area contributed by atoms with Crippen molar-refractivity contribution in [1.82, 2.24) is 15.1 Å². The first-order valence-electron chi connectivity index (χ1n) is 6.57. The maximum absolute atomic E-state index is 14.0. The van der Waals surface area contributed by atoms with Crippen LogP contribution in [0.2, 0.25) is 0 Å². The lowest BCUT2D eigenvalue weighted by atomic mass is 10.1. The molecule has 0 aliphatic heterocycles. The zero-order valence-corrected chi connectivity index (χ0v) is 11.7. The van der Waals surface area contributed by atoms with E-state index in [-0.39, 0.29) is 5.82 Å². The number of nitrogens with one attached hydrogen (secondary N) is 1. The molecule has 102 valence electrons. The van der Waals surface area contributed by atoms with Crippen molar-refractivity contribution >= 4 is 0 Å². The maximum Gasteiger partial charge on any atom is 0.149 e. The summed E-state index contributed by atoms with van der Waals surface area (Å²) in [5, 5.41) is 7.54. The number of hydrogen-bond acceptors (Lipinski definition) is 2. The summed E-state index contributed by atoms with van der Waals surface area (Å²) < 4.78 is 15.7. The van der Waals surface area contributed by atoms with Crippen LogP contribution >= 0.6 is 0 Å².